The molecule has 0 amide bonds. The molecule has 0 unspecified atom stereocenters. The van der Waals surface area contributed by atoms with Gasteiger partial charge in [-0.05, 0) is 30.3 Å². The number of hydrogen-bond donors (Lipinski definition) is 3. The summed E-state index contributed by atoms with van der Waals surface area (Å²) < 4.78 is 5.04. The zero-order valence-corrected chi connectivity index (χ0v) is 11.3. The third kappa shape index (κ3) is 2.51. The lowest BCUT2D eigenvalue weighted by Crippen LogP contribution is -1.99. The minimum atomic E-state index is -0.253. The standard InChI is InChI=1S/C15H13N3O3/c1-21-13-4-2-3-9(14(13)19)8-16-10-5-6-11-12(7-10)18-15(20)17-11/h2-8,19H,1H3,(H2,17,18,20). The summed E-state index contributed by atoms with van der Waals surface area (Å²) in [6, 6.07) is 10.5. The number of rotatable bonds is 3. The maximum atomic E-state index is 11.2. The predicted octanol–water partition coefficient (Wildman–Crippen LogP) is 2.32. The number of nitrogens with zero attached hydrogens (tertiary/aromatic N) is 1. The summed E-state index contributed by atoms with van der Waals surface area (Å²) in [4.78, 5) is 20.8. The largest absolute Gasteiger partial charge is 0.504 e. The van der Waals surface area contributed by atoms with Crippen LogP contribution in [0, 0.1) is 0 Å². The number of phenolic OH excluding ortho intramolecular Hbond substituents is 1. The highest BCUT2D eigenvalue weighted by molar-refractivity contribution is 5.87. The Labute approximate surface area is 119 Å². The van der Waals surface area contributed by atoms with Crippen molar-refractivity contribution in [2.24, 2.45) is 4.99 Å². The van der Waals surface area contributed by atoms with Gasteiger partial charge in [0.25, 0.3) is 0 Å². The van der Waals surface area contributed by atoms with Crippen molar-refractivity contribution >= 4 is 22.9 Å². The van der Waals surface area contributed by atoms with Crippen molar-refractivity contribution in [2.45, 2.75) is 0 Å². The van der Waals surface area contributed by atoms with E-state index in [4.69, 9.17) is 4.74 Å². The third-order valence-corrected chi connectivity index (χ3v) is 3.10. The van der Waals surface area contributed by atoms with Crippen LogP contribution < -0.4 is 10.4 Å². The lowest BCUT2D eigenvalue weighted by molar-refractivity contribution is 0.373. The van der Waals surface area contributed by atoms with Gasteiger partial charge in [0, 0.05) is 11.8 Å². The topological polar surface area (TPSA) is 90.5 Å². The first-order valence-electron chi connectivity index (χ1n) is 6.29. The molecule has 0 fully saturated rings. The molecule has 0 bridgehead atoms. The van der Waals surface area contributed by atoms with Crippen molar-refractivity contribution < 1.29 is 9.84 Å². The number of aromatic hydroxyl groups is 1. The second kappa shape index (κ2) is 5.16. The molecule has 0 atom stereocenters. The molecule has 0 radical (unpaired) electrons. The van der Waals surface area contributed by atoms with E-state index < -0.39 is 0 Å². The smallest absolute Gasteiger partial charge is 0.323 e. The number of imidazole rings is 1. The molecule has 6 heteroatoms. The number of hydrogen-bond acceptors (Lipinski definition) is 4. The number of aromatic amines is 2. The molecular weight excluding hydrogens is 270 g/mol. The van der Waals surface area contributed by atoms with Crippen LogP contribution in [-0.2, 0) is 0 Å². The van der Waals surface area contributed by atoms with Crippen molar-refractivity contribution in [3.8, 4) is 11.5 Å². The summed E-state index contributed by atoms with van der Waals surface area (Å²) in [6.07, 6.45) is 1.55. The van der Waals surface area contributed by atoms with Gasteiger partial charge < -0.3 is 19.8 Å². The molecule has 1 aromatic heterocycles. The molecular formula is C15H13N3O3. The minimum Gasteiger partial charge on any atom is -0.504 e. The third-order valence-electron chi connectivity index (χ3n) is 3.10. The summed E-state index contributed by atoms with van der Waals surface area (Å²) in [5.74, 6) is 0.434. The van der Waals surface area contributed by atoms with Crippen LogP contribution >= 0.6 is 0 Å². The summed E-state index contributed by atoms with van der Waals surface area (Å²) in [7, 11) is 1.49. The Morgan fingerprint density at radius 2 is 2.00 bits per heavy atom. The summed E-state index contributed by atoms with van der Waals surface area (Å²) in [5, 5.41) is 9.97. The number of benzene rings is 2. The highest BCUT2D eigenvalue weighted by Crippen LogP contribution is 2.28. The summed E-state index contributed by atoms with van der Waals surface area (Å²) >= 11 is 0. The molecule has 0 aliphatic carbocycles. The molecule has 3 N–H and O–H groups in total. The molecule has 21 heavy (non-hydrogen) atoms. The van der Waals surface area contributed by atoms with E-state index in [0.29, 0.717) is 22.5 Å². The van der Waals surface area contributed by atoms with Gasteiger partial charge in [-0.2, -0.15) is 0 Å². The predicted molar refractivity (Wildman–Crippen MR) is 80.8 cm³/mol. The van der Waals surface area contributed by atoms with Gasteiger partial charge in [-0.15, -0.1) is 0 Å². The van der Waals surface area contributed by atoms with Crippen molar-refractivity contribution in [3.63, 3.8) is 0 Å². The van der Waals surface area contributed by atoms with Gasteiger partial charge in [0.1, 0.15) is 0 Å². The van der Waals surface area contributed by atoms with Gasteiger partial charge >= 0.3 is 5.69 Å². The number of H-pyrrole nitrogens is 2. The fourth-order valence-electron chi connectivity index (χ4n) is 2.05. The molecule has 1 heterocycles. The van der Waals surface area contributed by atoms with Crippen molar-refractivity contribution in [3.05, 3.63) is 52.4 Å². The first-order chi connectivity index (χ1) is 10.2. The molecule has 0 saturated heterocycles. The molecule has 6 nitrogen and oxygen atoms in total. The molecule has 3 rings (SSSR count). The van der Waals surface area contributed by atoms with Crippen LogP contribution in [0.2, 0.25) is 0 Å². The van der Waals surface area contributed by atoms with Crippen LogP contribution in [-0.4, -0.2) is 28.4 Å². The van der Waals surface area contributed by atoms with Crippen molar-refractivity contribution in [1.82, 2.24) is 9.97 Å². The molecule has 0 saturated carbocycles. The molecule has 3 aromatic rings. The number of aromatic nitrogens is 2. The second-order valence-corrected chi connectivity index (χ2v) is 4.47. The van der Waals surface area contributed by atoms with Crippen LogP contribution in [0.25, 0.3) is 11.0 Å². The minimum absolute atomic E-state index is 0.0416. The van der Waals surface area contributed by atoms with Crippen molar-refractivity contribution in [1.29, 1.82) is 0 Å². The highest BCUT2D eigenvalue weighted by Gasteiger charge is 2.05. The van der Waals surface area contributed by atoms with Gasteiger partial charge in [-0.25, -0.2) is 4.79 Å². The van der Waals surface area contributed by atoms with E-state index in [-0.39, 0.29) is 11.4 Å². The van der Waals surface area contributed by atoms with Gasteiger partial charge in [-0.1, -0.05) is 6.07 Å². The van der Waals surface area contributed by atoms with E-state index in [1.165, 1.54) is 7.11 Å². The normalized spacial score (nSPS) is 11.3. The van der Waals surface area contributed by atoms with Gasteiger partial charge in [0.15, 0.2) is 11.5 Å². The number of methoxy groups -OCH3 is 1. The second-order valence-electron chi connectivity index (χ2n) is 4.47. The molecule has 0 aliphatic heterocycles. The fraction of sp³-hybridized carbons (Fsp3) is 0.0667. The zero-order chi connectivity index (χ0) is 14.8. The quantitative estimate of drug-likeness (QED) is 0.644. The van der Waals surface area contributed by atoms with E-state index in [9.17, 15) is 9.90 Å². The zero-order valence-electron chi connectivity index (χ0n) is 11.3. The monoisotopic (exact) mass is 283 g/mol. The van der Waals surface area contributed by atoms with Gasteiger partial charge in [-0.3, -0.25) is 4.99 Å². The van der Waals surface area contributed by atoms with Crippen LogP contribution in [0.3, 0.4) is 0 Å². The number of phenols is 1. The van der Waals surface area contributed by atoms with E-state index >= 15 is 0 Å². The van der Waals surface area contributed by atoms with Crippen molar-refractivity contribution in [2.75, 3.05) is 7.11 Å². The number of nitrogens with one attached hydrogen (secondary N) is 2. The molecule has 0 spiro atoms. The van der Waals surface area contributed by atoms with Crippen LogP contribution in [0.4, 0.5) is 5.69 Å². The van der Waals surface area contributed by atoms with E-state index in [1.807, 2.05) is 0 Å². The SMILES string of the molecule is COc1cccc(C=Nc2ccc3[nH]c(=O)[nH]c3c2)c1O. The average Bonchev–Trinajstić information content (AvgIpc) is 2.85. The lowest BCUT2D eigenvalue weighted by Gasteiger charge is -2.04. The Bertz CT molecular complexity index is 877. The maximum Gasteiger partial charge on any atom is 0.323 e. The van der Waals surface area contributed by atoms with Crippen LogP contribution in [0.15, 0.2) is 46.2 Å². The Morgan fingerprint density at radius 1 is 1.19 bits per heavy atom. The molecule has 0 aliphatic rings. The number of ether oxygens (including phenoxy) is 1. The van der Waals surface area contributed by atoms with E-state index in [2.05, 4.69) is 15.0 Å². The lowest BCUT2D eigenvalue weighted by atomic mass is 10.2. The number of para-hydroxylation sites is 1. The van der Waals surface area contributed by atoms with Gasteiger partial charge in [0.05, 0.1) is 23.8 Å². The maximum absolute atomic E-state index is 11.2. The van der Waals surface area contributed by atoms with Crippen LogP contribution in [0.1, 0.15) is 5.56 Å². The highest BCUT2D eigenvalue weighted by atomic mass is 16.5. The molecule has 2 aromatic carbocycles. The first-order valence-corrected chi connectivity index (χ1v) is 6.29. The van der Waals surface area contributed by atoms with E-state index in [1.54, 1.807) is 42.6 Å². The Balaban J connectivity index is 1.95. The Kier molecular flexibility index (Phi) is 3.19. The summed E-state index contributed by atoms with van der Waals surface area (Å²) in [6.45, 7) is 0. The first kappa shape index (κ1) is 13.0. The Hall–Kier alpha value is -3.02. The van der Waals surface area contributed by atoms with Gasteiger partial charge in [0.2, 0.25) is 0 Å². The van der Waals surface area contributed by atoms with E-state index in [0.717, 1.165) is 5.52 Å². The number of fused-ring (bicyclic) bond motifs is 1. The number of aliphatic imine (C=N–C) groups is 1. The average molecular weight is 283 g/mol. The molecule has 106 valence electrons. The summed E-state index contributed by atoms with van der Waals surface area (Å²) in [5.41, 5.74) is 2.38. The van der Waals surface area contributed by atoms with Crippen LogP contribution in [0.5, 0.6) is 11.5 Å². The Morgan fingerprint density at radius 3 is 2.81 bits per heavy atom. The fourth-order valence-corrected chi connectivity index (χ4v) is 2.05.